The van der Waals surface area contributed by atoms with Crippen LogP contribution >= 0.6 is 0 Å². The Balaban J connectivity index is 1.35. The molecule has 2 N–H and O–H groups in total. The predicted molar refractivity (Wildman–Crippen MR) is 164 cm³/mol. The molecule has 230 valence electrons. The van der Waals surface area contributed by atoms with Crippen molar-refractivity contribution in [2.45, 2.75) is 49.1 Å². The van der Waals surface area contributed by atoms with Gasteiger partial charge in [-0.25, -0.2) is 21.6 Å². The standard InChI is InChI=1S/C34H34F3N3O3S/c1-23-21-38-22-28(40(23)44(42,43)29-6-3-2-4-7-29)18-19-30-32(37)8-5-9-33(30)39-34(41)20-31(24-10-14-26(35)15-11-24)25-12-16-27(36)17-13-25/h2-17,23,28,31,38H,18-22H2,1H3,(H,39,41)/t23-,28+/m1/s1. The van der Waals surface area contributed by atoms with E-state index in [2.05, 4.69) is 10.6 Å². The van der Waals surface area contributed by atoms with Gasteiger partial charge in [-0.05, 0) is 79.4 Å². The van der Waals surface area contributed by atoms with Gasteiger partial charge in [-0.2, -0.15) is 4.31 Å². The van der Waals surface area contributed by atoms with Crippen LogP contribution in [-0.2, 0) is 21.2 Å². The summed E-state index contributed by atoms with van der Waals surface area (Å²) >= 11 is 0. The summed E-state index contributed by atoms with van der Waals surface area (Å²) in [6.07, 6.45) is 0.447. The Labute approximate surface area is 256 Å². The summed E-state index contributed by atoms with van der Waals surface area (Å²) < 4.78 is 71.2. The number of piperazine rings is 1. The first-order valence-corrected chi connectivity index (χ1v) is 15.9. The van der Waals surface area contributed by atoms with Crippen LogP contribution < -0.4 is 10.6 Å². The van der Waals surface area contributed by atoms with Gasteiger partial charge in [0.25, 0.3) is 0 Å². The van der Waals surface area contributed by atoms with Crippen molar-refractivity contribution < 1.29 is 26.4 Å². The fourth-order valence-electron chi connectivity index (χ4n) is 5.82. The highest BCUT2D eigenvalue weighted by Gasteiger charge is 2.37. The van der Waals surface area contributed by atoms with E-state index < -0.39 is 45.3 Å². The molecule has 1 amide bonds. The minimum absolute atomic E-state index is 0.0552. The van der Waals surface area contributed by atoms with Gasteiger partial charge < -0.3 is 10.6 Å². The molecular weight excluding hydrogens is 587 g/mol. The smallest absolute Gasteiger partial charge is 0.243 e. The molecule has 1 heterocycles. The van der Waals surface area contributed by atoms with E-state index in [0.29, 0.717) is 36.3 Å². The van der Waals surface area contributed by atoms with E-state index in [1.165, 1.54) is 40.7 Å². The molecule has 5 rings (SSSR count). The molecule has 10 heteroatoms. The highest BCUT2D eigenvalue weighted by Crippen LogP contribution is 2.31. The van der Waals surface area contributed by atoms with E-state index in [1.54, 1.807) is 60.7 Å². The molecule has 0 aliphatic carbocycles. The summed E-state index contributed by atoms with van der Waals surface area (Å²) in [6, 6.07) is 23.5. The topological polar surface area (TPSA) is 78.5 Å². The lowest BCUT2D eigenvalue weighted by Gasteiger charge is -2.40. The second kappa shape index (κ2) is 13.8. The SMILES string of the molecule is C[C@@H]1CNC[C@H](CCc2c(F)cccc2NC(=O)CC(c2ccc(F)cc2)c2ccc(F)cc2)N1S(=O)(=O)c1ccccc1. The Bertz CT molecular complexity index is 1640. The van der Waals surface area contributed by atoms with E-state index in [1.807, 2.05) is 6.92 Å². The van der Waals surface area contributed by atoms with Gasteiger partial charge in [0.15, 0.2) is 0 Å². The molecule has 4 aromatic rings. The highest BCUT2D eigenvalue weighted by molar-refractivity contribution is 7.89. The lowest BCUT2D eigenvalue weighted by atomic mass is 9.88. The number of carbonyl (C=O) groups is 1. The van der Waals surface area contributed by atoms with Gasteiger partial charge in [0.05, 0.1) is 4.90 Å². The first-order valence-electron chi connectivity index (χ1n) is 14.5. The molecule has 0 saturated carbocycles. The van der Waals surface area contributed by atoms with Gasteiger partial charge in [-0.1, -0.05) is 48.5 Å². The van der Waals surface area contributed by atoms with Crippen molar-refractivity contribution in [3.63, 3.8) is 0 Å². The zero-order chi connectivity index (χ0) is 31.3. The van der Waals surface area contributed by atoms with E-state index >= 15 is 4.39 Å². The summed E-state index contributed by atoms with van der Waals surface area (Å²) in [7, 11) is -3.79. The molecule has 1 aliphatic rings. The van der Waals surface area contributed by atoms with Gasteiger partial charge >= 0.3 is 0 Å². The van der Waals surface area contributed by atoms with Crippen LogP contribution in [0.1, 0.15) is 42.4 Å². The van der Waals surface area contributed by atoms with Crippen LogP contribution in [0.15, 0.2) is 102 Å². The van der Waals surface area contributed by atoms with E-state index in [9.17, 15) is 22.0 Å². The number of nitrogens with one attached hydrogen (secondary N) is 2. The minimum atomic E-state index is -3.79. The third kappa shape index (κ3) is 7.20. The average Bonchev–Trinajstić information content (AvgIpc) is 3.01. The van der Waals surface area contributed by atoms with Crippen molar-refractivity contribution >= 4 is 21.6 Å². The van der Waals surface area contributed by atoms with Crippen molar-refractivity contribution in [1.82, 2.24) is 9.62 Å². The summed E-state index contributed by atoms with van der Waals surface area (Å²) in [5.74, 6) is -2.25. The largest absolute Gasteiger partial charge is 0.326 e. The Kier molecular flexibility index (Phi) is 9.83. The number of rotatable bonds is 10. The molecule has 0 radical (unpaired) electrons. The zero-order valence-corrected chi connectivity index (χ0v) is 25.0. The summed E-state index contributed by atoms with van der Waals surface area (Å²) in [5.41, 5.74) is 1.91. The molecule has 0 unspecified atom stereocenters. The number of halogens is 3. The Morgan fingerprint density at radius 2 is 1.48 bits per heavy atom. The van der Waals surface area contributed by atoms with Crippen molar-refractivity contribution in [3.8, 4) is 0 Å². The van der Waals surface area contributed by atoms with Crippen molar-refractivity contribution in [2.24, 2.45) is 0 Å². The van der Waals surface area contributed by atoms with Crippen molar-refractivity contribution in [1.29, 1.82) is 0 Å². The van der Waals surface area contributed by atoms with Gasteiger partial charge in [-0.15, -0.1) is 0 Å². The zero-order valence-electron chi connectivity index (χ0n) is 24.2. The van der Waals surface area contributed by atoms with E-state index in [4.69, 9.17) is 0 Å². The first kappa shape index (κ1) is 31.4. The average molecular weight is 622 g/mol. The quantitative estimate of drug-likeness (QED) is 0.220. The van der Waals surface area contributed by atoms with Crippen LogP contribution in [0.4, 0.5) is 18.9 Å². The molecule has 6 nitrogen and oxygen atoms in total. The van der Waals surface area contributed by atoms with Crippen LogP contribution in [0.3, 0.4) is 0 Å². The maximum Gasteiger partial charge on any atom is 0.243 e. The maximum atomic E-state index is 15.2. The summed E-state index contributed by atoms with van der Waals surface area (Å²) in [5, 5.41) is 6.11. The van der Waals surface area contributed by atoms with Gasteiger partial charge in [0.2, 0.25) is 15.9 Å². The third-order valence-electron chi connectivity index (χ3n) is 7.99. The monoisotopic (exact) mass is 621 g/mol. The van der Waals surface area contributed by atoms with Crippen LogP contribution in [-0.4, -0.2) is 43.8 Å². The van der Waals surface area contributed by atoms with Crippen LogP contribution in [0.25, 0.3) is 0 Å². The van der Waals surface area contributed by atoms with Crippen LogP contribution in [0.2, 0.25) is 0 Å². The molecule has 44 heavy (non-hydrogen) atoms. The number of hydrogen-bond donors (Lipinski definition) is 2. The van der Waals surface area contributed by atoms with Crippen LogP contribution in [0, 0.1) is 17.5 Å². The van der Waals surface area contributed by atoms with E-state index in [0.717, 1.165) is 0 Å². The Morgan fingerprint density at radius 1 is 0.864 bits per heavy atom. The molecule has 1 fully saturated rings. The van der Waals surface area contributed by atoms with Crippen molar-refractivity contribution in [3.05, 3.63) is 131 Å². The van der Waals surface area contributed by atoms with Crippen molar-refractivity contribution in [2.75, 3.05) is 18.4 Å². The Hall–Kier alpha value is -3.99. The molecule has 0 bridgehead atoms. The Morgan fingerprint density at radius 3 is 2.09 bits per heavy atom. The molecule has 0 spiro atoms. The van der Waals surface area contributed by atoms with Gasteiger partial charge in [-0.3, -0.25) is 4.79 Å². The number of sulfonamides is 1. The fraction of sp³-hybridized carbons (Fsp3) is 0.265. The van der Waals surface area contributed by atoms with Gasteiger partial charge in [0.1, 0.15) is 17.5 Å². The first-order chi connectivity index (χ1) is 21.1. The second-order valence-corrected chi connectivity index (χ2v) is 12.9. The number of amides is 1. The minimum Gasteiger partial charge on any atom is -0.326 e. The summed E-state index contributed by atoms with van der Waals surface area (Å²) in [6.45, 7) is 2.74. The number of anilines is 1. The highest BCUT2D eigenvalue weighted by atomic mass is 32.2. The normalized spacial score (nSPS) is 17.5. The predicted octanol–water partition coefficient (Wildman–Crippen LogP) is 6.25. The maximum absolute atomic E-state index is 15.2. The number of benzene rings is 4. The lowest BCUT2D eigenvalue weighted by molar-refractivity contribution is -0.116. The molecule has 2 atom stereocenters. The number of carbonyl (C=O) groups excluding carboxylic acids is 1. The van der Waals surface area contributed by atoms with E-state index in [-0.39, 0.29) is 29.3 Å². The molecule has 1 saturated heterocycles. The molecule has 0 aromatic heterocycles. The lowest BCUT2D eigenvalue weighted by Crippen LogP contribution is -2.58. The number of hydrogen-bond acceptors (Lipinski definition) is 4. The van der Waals surface area contributed by atoms with Crippen LogP contribution in [0.5, 0.6) is 0 Å². The molecular formula is C34H34F3N3O3S. The van der Waals surface area contributed by atoms with Gasteiger partial charge in [0, 0.05) is 48.8 Å². The second-order valence-electron chi connectivity index (χ2n) is 11.0. The summed E-state index contributed by atoms with van der Waals surface area (Å²) in [4.78, 5) is 13.6. The molecule has 4 aromatic carbocycles. The number of nitrogens with zero attached hydrogens (tertiary/aromatic N) is 1. The third-order valence-corrected chi connectivity index (χ3v) is 10.1. The fourth-order valence-corrected chi connectivity index (χ4v) is 7.69. The molecule has 1 aliphatic heterocycles.